The van der Waals surface area contributed by atoms with Crippen molar-refractivity contribution in [3.63, 3.8) is 0 Å². The number of rotatable bonds is 1. The van der Waals surface area contributed by atoms with Crippen LogP contribution in [0.4, 0.5) is 0 Å². The summed E-state index contributed by atoms with van der Waals surface area (Å²) in [5.41, 5.74) is 1.34. The molecule has 1 aliphatic rings. The van der Waals surface area contributed by atoms with Gasteiger partial charge in [0, 0.05) is 12.5 Å². The van der Waals surface area contributed by atoms with Crippen LogP contribution in [0, 0.1) is 0 Å². The van der Waals surface area contributed by atoms with Crippen LogP contribution in [0.2, 0.25) is 0 Å². The van der Waals surface area contributed by atoms with Gasteiger partial charge < -0.3 is 0 Å². The van der Waals surface area contributed by atoms with Crippen LogP contribution in [-0.2, 0) is 6.54 Å². The number of aromatic nitrogens is 3. The summed E-state index contributed by atoms with van der Waals surface area (Å²) in [6.45, 7) is 0.983. The second-order valence-electron chi connectivity index (χ2n) is 4.07. The third-order valence-electron chi connectivity index (χ3n) is 3.05. The van der Waals surface area contributed by atoms with Crippen molar-refractivity contribution in [2.24, 2.45) is 0 Å². The normalized spacial score (nSPS) is 19.4. The Morgan fingerprint density at radius 2 is 2.06 bits per heavy atom. The molecular formula is C12H12BrN3. The highest BCUT2D eigenvalue weighted by molar-refractivity contribution is 9.10. The van der Waals surface area contributed by atoms with Crippen LogP contribution in [0.5, 0.6) is 0 Å². The molecule has 0 saturated heterocycles. The van der Waals surface area contributed by atoms with Crippen molar-refractivity contribution < 1.29 is 0 Å². The molecule has 1 aromatic heterocycles. The van der Waals surface area contributed by atoms with Crippen molar-refractivity contribution in [2.45, 2.75) is 25.3 Å². The summed E-state index contributed by atoms with van der Waals surface area (Å²) in [5, 5.41) is 4.35. The standard InChI is InChI=1S/C12H12BrN3/c13-12-14-11-10(7-4-8-16(11)15-12)9-5-2-1-3-6-9/h1-3,5-6,10H,4,7-8H2. The number of fused-ring (bicyclic) bond motifs is 1. The van der Waals surface area contributed by atoms with E-state index in [-0.39, 0.29) is 0 Å². The minimum atomic E-state index is 0.397. The predicted molar refractivity (Wildman–Crippen MR) is 65.2 cm³/mol. The second kappa shape index (κ2) is 4.01. The molecule has 82 valence electrons. The summed E-state index contributed by atoms with van der Waals surface area (Å²) < 4.78 is 2.72. The van der Waals surface area contributed by atoms with Gasteiger partial charge >= 0.3 is 0 Å². The molecule has 0 aliphatic carbocycles. The molecule has 1 atom stereocenters. The largest absolute Gasteiger partial charge is 0.248 e. The summed E-state index contributed by atoms with van der Waals surface area (Å²) >= 11 is 3.35. The Morgan fingerprint density at radius 3 is 2.88 bits per heavy atom. The third kappa shape index (κ3) is 1.67. The lowest BCUT2D eigenvalue weighted by Crippen LogP contribution is -2.17. The van der Waals surface area contributed by atoms with E-state index in [2.05, 4.69) is 50.3 Å². The fraction of sp³-hybridized carbons (Fsp3) is 0.333. The van der Waals surface area contributed by atoms with E-state index in [1.165, 1.54) is 12.0 Å². The van der Waals surface area contributed by atoms with Gasteiger partial charge in [-0.2, -0.15) is 0 Å². The number of benzene rings is 1. The zero-order valence-electron chi connectivity index (χ0n) is 8.81. The molecule has 3 rings (SSSR count). The lowest BCUT2D eigenvalue weighted by Gasteiger charge is -2.22. The minimum Gasteiger partial charge on any atom is -0.248 e. The van der Waals surface area contributed by atoms with Crippen molar-refractivity contribution in [1.29, 1.82) is 0 Å². The van der Waals surface area contributed by atoms with E-state index >= 15 is 0 Å². The Hall–Kier alpha value is -1.16. The number of hydrogen-bond donors (Lipinski definition) is 0. The van der Waals surface area contributed by atoms with E-state index in [9.17, 15) is 0 Å². The van der Waals surface area contributed by atoms with Crippen molar-refractivity contribution in [1.82, 2.24) is 14.8 Å². The Kier molecular flexibility index (Phi) is 2.52. The van der Waals surface area contributed by atoms with E-state index in [1.54, 1.807) is 0 Å². The maximum absolute atomic E-state index is 4.48. The molecule has 1 unspecified atom stereocenters. The monoisotopic (exact) mass is 277 g/mol. The van der Waals surface area contributed by atoms with Crippen LogP contribution < -0.4 is 0 Å². The predicted octanol–water partition coefficient (Wildman–Crippen LogP) is 2.97. The van der Waals surface area contributed by atoms with Crippen LogP contribution in [0.3, 0.4) is 0 Å². The molecule has 1 aliphatic heterocycles. The average molecular weight is 278 g/mol. The van der Waals surface area contributed by atoms with Gasteiger partial charge in [0.05, 0.1) is 0 Å². The quantitative estimate of drug-likeness (QED) is 0.803. The van der Waals surface area contributed by atoms with E-state index in [0.29, 0.717) is 10.7 Å². The van der Waals surface area contributed by atoms with Crippen LogP contribution in [0.15, 0.2) is 35.1 Å². The van der Waals surface area contributed by atoms with Crippen LogP contribution in [0.25, 0.3) is 0 Å². The molecule has 0 amide bonds. The van der Waals surface area contributed by atoms with Crippen molar-refractivity contribution in [3.8, 4) is 0 Å². The first-order valence-corrected chi connectivity index (χ1v) is 6.29. The molecule has 16 heavy (non-hydrogen) atoms. The first kappa shape index (κ1) is 10.0. The van der Waals surface area contributed by atoms with Crippen molar-refractivity contribution in [3.05, 3.63) is 46.5 Å². The minimum absolute atomic E-state index is 0.397. The van der Waals surface area contributed by atoms with Gasteiger partial charge in [0.25, 0.3) is 0 Å². The van der Waals surface area contributed by atoms with Gasteiger partial charge in [0.2, 0.25) is 4.73 Å². The van der Waals surface area contributed by atoms with Gasteiger partial charge in [-0.05, 0) is 34.3 Å². The Balaban J connectivity index is 2.05. The molecule has 4 heteroatoms. The highest BCUT2D eigenvalue weighted by atomic mass is 79.9. The Morgan fingerprint density at radius 1 is 1.25 bits per heavy atom. The van der Waals surface area contributed by atoms with Crippen LogP contribution in [0.1, 0.15) is 30.1 Å². The molecule has 0 saturated carbocycles. The van der Waals surface area contributed by atoms with Crippen molar-refractivity contribution >= 4 is 15.9 Å². The summed E-state index contributed by atoms with van der Waals surface area (Å²) in [5.74, 6) is 1.48. The maximum Gasteiger partial charge on any atom is 0.217 e. The first-order chi connectivity index (χ1) is 7.84. The SMILES string of the molecule is Brc1nc2n(n1)CCCC2c1ccccc1. The molecule has 0 bridgehead atoms. The smallest absolute Gasteiger partial charge is 0.217 e. The van der Waals surface area contributed by atoms with Gasteiger partial charge in [-0.15, -0.1) is 5.10 Å². The van der Waals surface area contributed by atoms with Crippen LogP contribution >= 0.6 is 15.9 Å². The summed E-state index contributed by atoms with van der Waals surface area (Å²) in [6.07, 6.45) is 2.33. The van der Waals surface area contributed by atoms with Gasteiger partial charge in [-0.3, -0.25) is 0 Å². The number of nitrogens with zero attached hydrogens (tertiary/aromatic N) is 3. The Bertz CT molecular complexity index is 492. The van der Waals surface area contributed by atoms with Gasteiger partial charge in [-0.1, -0.05) is 30.3 Å². The molecule has 0 N–H and O–H groups in total. The molecule has 0 spiro atoms. The molecule has 3 nitrogen and oxygen atoms in total. The summed E-state index contributed by atoms with van der Waals surface area (Å²) in [4.78, 5) is 4.48. The van der Waals surface area contributed by atoms with E-state index < -0.39 is 0 Å². The van der Waals surface area contributed by atoms with Gasteiger partial charge in [-0.25, -0.2) is 9.67 Å². The average Bonchev–Trinajstić information content (AvgIpc) is 2.70. The number of hydrogen-bond acceptors (Lipinski definition) is 2. The fourth-order valence-electron chi connectivity index (χ4n) is 2.32. The molecular weight excluding hydrogens is 266 g/mol. The Labute approximate surface area is 103 Å². The van der Waals surface area contributed by atoms with Gasteiger partial charge in [0.15, 0.2) is 0 Å². The van der Waals surface area contributed by atoms with Crippen molar-refractivity contribution in [2.75, 3.05) is 0 Å². The summed E-state index contributed by atoms with van der Waals surface area (Å²) in [6, 6.07) is 10.6. The number of halogens is 1. The zero-order valence-corrected chi connectivity index (χ0v) is 10.4. The summed E-state index contributed by atoms with van der Waals surface area (Å²) in [7, 11) is 0. The van der Waals surface area contributed by atoms with E-state index in [4.69, 9.17) is 0 Å². The third-order valence-corrected chi connectivity index (χ3v) is 3.39. The molecule has 0 fully saturated rings. The molecule has 1 aromatic carbocycles. The highest BCUT2D eigenvalue weighted by Crippen LogP contribution is 2.32. The molecule has 0 radical (unpaired) electrons. The van der Waals surface area contributed by atoms with Gasteiger partial charge in [0.1, 0.15) is 5.82 Å². The lowest BCUT2D eigenvalue weighted by molar-refractivity contribution is 0.445. The number of aryl methyl sites for hydroxylation is 1. The fourth-order valence-corrected chi connectivity index (χ4v) is 2.70. The lowest BCUT2D eigenvalue weighted by atomic mass is 9.91. The highest BCUT2D eigenvalue weighted by Gasteiger charge is 2.24. The van der Waals surface area contributed by atoms with Crippen LogP contribution in [-0.4, -0.2) is 14.8 Å². The molecule has 2 aromatic rings. The molecule has 2 heterocycles. The maximum atomic E-state index is 4.48. The zero-order chi connectivity index (χ0) is 11.0. The second-order valence-corrected chi connectivity index (χ2v) is 4.78. The topological polar surface area (TPSA) is 30.7 Å². The first-order valence-electron chi connectivity index (χ1n) is 5.50. The van der Waals surface area contributed by atoms with E-state index in [0.717, 1.165) is 18.8 Å². The van der Waals surface area contributed by atoms with E-state index in [1.807, 2.05) is 10.7 Å².